The average molecular weight is 177 g/mol. The summed E-state index contributed by atoms with van der Waals surface area (Å²) in [5, 5.41) is 0. The molecule has 72 valence electrons. The highest BCUT2D eigenvalue weighted by atomic mass is 15.2. The second-order valence-corrected chi connectivity index (χ2v) is 4.06. The molecule has 1 aliphatic heterocycles. The molecule has 13 heavy (non-hydrogen) atoms. The number of likely N-dealkylation sites (tertiary alicyclic amines) is 1. The molecule has 1 heterocycles. The Morgan fingerprint density at radius 3 is 2.85 bits per heavy atom. The fourth-order valence-electron chi connectivity index (χ4n) is 2.17. The first-order valence-electron chi connectivity index (χ1n) is 5.40. The van der Waals surface area contributed by atoms with Crippen LogP contribution in [-0.4, -0.2) is 31.4 Å². The van der Waals surface area contributed by atoms with E-state index >= 15 is 0 Å². The highest BCUT2D eigenvalue weighted by molar-refractivity contribution is 6.17. The fourth-order valence-corrected chi connectivity index (χ4v) is 2.17. The van der Waals surface area contributed by atoms with Crippen molar-refractivity contribution in [3.8, 4) is 0 Å². The molecule has 2 atom stereocenters. The van der Waals surface area contributed by atoms with Crippen LogP contribution in [-0.2, 0) is 0 Å². The minimum absolute atomic E-state index is 0.498. The van der Waals surface area contributed by atoms with Gasteiger partial charge in [-0.05, 0) is 33.2 Å². The van der Waals surface area contributed by atoms with Gasteiger partial charge in [-0.3, -0.25) is 4.90 Å². The molecule has 0 aromatic heterocycles. The Labute approximate surface area is 83.6 Å². The number of nitrogens with zero attached hydrogens (tertiary/aromatic N) is 1. The first kappa shape index (κ1) is 10.8. The van der Waals surface area contributed by atoms with Gasteiger partial charge in [0.1, 0.15) is 7.85 Å². The molecule has 0 bridgehead atoms. The van der Waals surface area contributed by atoms with Gasteiger partial charge in [0, 0.05) is 12.1 Å². The summed E-state index contributed by atoms with van der Waals surface area (Å²) >= 11 is 0. The molecule has 0 amide bonds. The van der Waals surface area contributed by atoms with Crippen molar-refractivity contribution in [1.29, 1.82) is 0 Å². The van der Waals surface area contributed by atoms with E-state index < -0.39 is 0 Å². The van der Waals surface area contributed by atoms with E-state index in [1.54, 1.807) is 5.98 Å². The monoisotopic (exact) mass is 177 g/mol. The Balaban J connectivity index is 2.53. The normalized spacial score (nSPS) is 28.9. The Morgan fingerprint density at radius 1 is 1.38 bits per heavy atom. The van der Waals surface area contributed by atoms with Gasteiger partial charge < -0.3 is 0 Å². The average Bonchev–Trinajstić information content (AvgIpc) is 2.30. The molecular formula is C11H20BN. The molecule has 1 saturated heterocycles. The van der Waals surface area contributed by atoms with E-state index in [0.717, 1.165) is 0 Å². The van der Waals surface area contributed by atoms with Crippen molar-refractivity contribution < 1.29 is 0 Å². The van der Waals surface area contributed by atoms with Crippen molar-refractivity contribution in [3.63, 3.8) is 0 Å². The van der Waals surface area contributed by atoms with Crippen LogP contribution in [0.5, 0.6) is 0 Å². The third-order valence-electron chi connectivity index (χ3n) is 3.02. The Hall–Kier alpha value is -0.235. The topological polar surface area (TPSA) is 3.24 Å². The molecule has 2 radical (unpaired) electrons. The maximum atomic E-state index is 5.41. The summed E-state index contributed by atoms with van der Waals surface area (Å²) in [5.41, 5.74) is 0. The predicted molar refractivity (Wildman–Crippen MR) is 59.0 cm³/mol. The summed E-state index contributed by atoms with van der Waals surface area (Å²) in [6.45, 7) is 5.78. The summed E-state index contributed by atoms with van der Waals surface area (Å²) < 4.78 is 0. The molecule has 2 heteroatoms. The molecular weight excluding hydrogens is 157 g/mol. The van der Waals surface area contributed by atoms with Gasteiger partial charge in [0.05, 0.1) is 0 Å². The molecule has 1 fully saturated rings. The molecule has 1 rings (SSSR count). The SMILES string of the molecule is [B]/C=C/C(C)N1CCCCCC1C. The Kier molecular flexibility index (Phi) is 4.58. The van der Waals surface area contributed by atoms with Crippen LogP contribution in [0.15, 0.2) is 12.1 Å². The molecule has 2 unspecified atom stereocenters. The van der Waals surface area contributed by atoms with Crippen LogP contribution in [0.25, 0.3) is 0 Å². The zero-order valence-corrected chi connectivity index (χ0v) is 8.87. The van der Waals surface area contributed by atoms with Crippen LogP contribution in [0.3, 0.4) is 0 Å². The van der Waals surface area contributed by atoms with Gasteiger partial charge in [-0.25, -0.2) is 0 Å². The van der Waals surface area contributed by atoms with E-state index in [2.05, 4.69) is 24.8 Å². The Bertz CT molecular complexity index is 167. The minimum atomic E-state index is 0.498. The smallest absolute Gasteiger partial charge is 0.102 e. The van der Waals surface area contributed by atoms with Crippen molar-refractivity contribution in [2.75, 3.05) is 6.54 Å². The van der Waals surface area contributed by atoms with Gasteiger partial charge in [-0.15, -0.1) is 5.98 Å². The van der Waals surface area contributed by atoms with E-state index in [1.807, 2.05) is 0 Å². The van der Waals surface area contributed by atoms with Crippen molar-refractivity contribution in [1.82, 2.24) is 4.90 Å². The predicted octanol–water partition coefficient (Wildman–Crippen LogP) is 2.32. The van der Waals surface area contributed by atoms with Crippen molar-refractivity contribution in [2.45, 2.75) is 51.6 Å². The van der Waals surface area contributed by atoms with Gasteiger partial charge in [0.25, 0.3) is 0 Å². The standard InChI is InChI=1S/C11H20BN/c1-10-6-4-3-5-9-13(10)11(2)7-8-12/h7-8,10-11H,3-6,9H2,1-2H3/b8-7+. The molecule has 0 N–H and O–H groups in total. The Morgan fingerprint density at radius 2 is 2.15 bits per heavy atom. The van der Waals surface area contributed by atoms with Crippen LogP contribution in [0.1, 0.15) is 39.5 Å². The van der Waals surface area contributed by atoms with E-state index in [1.165, 1.54) is 32.2 Å². The van der Waals surface area contributed by atoms with Gasteiger partial charge in [-0.2, -0.15) is 0 Å². The molecule has 0 aromatic rings. The third-order valence-corrected chi connectivity index (χ3v) is 3.02. The van der Waals surface area contributed by atoms with Gasteiger partial charge >= 0.3 is 0 Å². The lowest BCUT2D eigenvalue weighted by atomic mass is 10.1. The minimum Gasteiger partial charge on any atom is -0.295 e. The first-order chi connectivity index (χ1) is 6.25. The molecule has 0 aromatic carbocycles. The van der Waals surface area contributed by atoms with Crippen LogP contribution in [0.4, 0.5) is 0 Å². The molecule has 1 nitrogen and oxygen atoms in total. The van der Waals surface area contributed by atoms with Crippen LogP contribution in [0, 0.1) is 0 Å². The van der Waals surface area contributed by atoms with Crippen molar-refractivity contribution in [3.05, 3.63) is 12.1 Å². The second kappa shape index (κ2) is 5.49. The van der Waals surface area contributed by atoms with Crippen molar-refractivity contribution in [2.24, 2.45) is 0 Å². The first-order valence-corrected chi connectivity index (χ1v) is 5.40. The quantitative estimate of drug-likeness (QED) is 0.585. The summed E-state index contributed by atoms with van der Waals surface area (Å²) in [4.78, 5) is 2.55. The van der Waals surface area contributed by atoms with Crippen LogP contribution >= 0.6 is 0 Å². The number of hydrogen-bond donors (Lipinski definition) is 0. The lowest BCUT2D eigenvalue weighted by molar-refractivity contribution is 0.185. The van der Waals surface area contributed by atoms with Gasteiger partial charge in [0.15, 0.2) is 0 Å². The maximum Gasteiger partial charge on any atom is 0.102 e. The van der Waals surface area contributed by atoms with E-state index in [9.17, 15) is 0 Å². The number of hydrogen-bond acceptors (Lipinski definition) is 1. The maximum absolute atomic E-state index is 5.41. The largest absolute Gasteiger partial charge is 0.295 e. The van der Waals surface area contributed by atoms with Crippen LogP contribution in [0.2, 0.25) is 0 Å². The summed E-state index contributed by atoms with van der Waals surface area (Å²) in [5.74, 6) is 1.67. The highest BCUT2D eigenvalue weighted by Crippen LogP contribution is 2.18. The fraction of sp³-hybridized carbons (Fsp3) is 0.818. The van der Waals surface area contributed by atoms with Crippen molar-refractivity contribution >= 4 is 7.85 Å². The van der Waals surface area contributed by atoms with E-state index in [0.29, 0.717) is 12.1 Å². The zero-order valence-electron chi connectivity index (χ0n) is 8.87. The molecule has 0 saturated carbocycles. The van der Waals surface area contributed by atoms with E-state index in [-0.39, 0.29) is 0 Å². The zero-order chi connectivity index (χ0) is 9.68. The summed E-state index contributed by atoms with van der Waals surface area (Å²) in [6, 6.07) is 1.21. The lowest BCUT2D eigenvalue weighted by Gasteiger charge is -2.31. The molecule has 0 spiro atoms. The highest BCUT2D eigenvalue weighted by Gasteiger charge is 2.19. The second-order valence-electron chi connectivity index (χ2n) is 4.06. The lowest BCUT2D eigenvalue weighted by Crippen LogP contribution is -2.38. The number of rotatable bonds is 2. The molecule has 1 aliphatic rings. The third kappa shape index (κ3) is 3.19. The van der Waals surface area contributed by atoms with Crippen LogP contribution < -0.4 is 0 Å². The van der Waals surface area contributed by atoms with Gasteiger partial charge in [0.2, 0.25) is 0 Å². The summed E-state index contributed by atoms with van der Waals surface area (Å²) in [6.07, 6.45) is 7.54. The van der Waals surface area contributed by atoms with E-state index in [4.69, 9.17) is 7.85 Å². The molecule has 0 aliphatic carbocycles. The summed E-state index contributed by atoms with van der Waals surface area (Å²) in [7, 11) is 5.41. The van der Waals surface area contributed by atoms with Gasteiger partial charge in [-0.1, -0.05) is 18.9 Å².